The van der Waals surface area contributed by atoms with E-state index in [4.69, 9.17) is 5.73 Å². The first-order valence-corrected chi connectivity index (χ1v) is 10.0. The van der Waals surface area contributed by atoms with Crippen LogP contribution >= 0.6 is 0 Å². The fraction of sp³-hybridized carbons (Fsp3) is 0.933. The van der Waals surface area contributed by atoms with Crippen LogP contribution in [0.3, 0.4) is 0 Å². The number of piperidine rings is 1. The number of nitrogens with two attached hydrogens (primary N) is 1. The number of carbonyl (C=O) groups excluding carboxylic acids is 1. The van der Waals surface area contributed by atoms with Crippen molar-refractivity contribution < 1.29 is 13.2 Å². The molecule has 0 aromatic heterocycles. The van der Waals surface area contributed by atoms with Crippen molar-refractivity contribution in [2.24, 2.45) is 11.7 Å². The molecule has 2 aliphatic heterocycles. The summed E-state index contributed by atoms with van der Waals surface area (Å²) in [5.41, 5.74) is 5.97. The molecular formula is C15H29N3O3S. The Labute approximate surface area is 134 Å². The Morgan fingerprint density at radius 2 is 1.95 bits per heavy atom. The smallest absolute Gasteiger partial charge is 0.241 e. The SMILES string of the molecule is CCCS(=O)(=O)N1CCCC1C(=O)N1CCCC(C(C)N)C1. The van der Waals surface area contributed by atoms with Gasteiger partial charge in [0.15, 0.2) is 0 Å². The van der Waals surface area contributed by atoms with Gasteiger partial charge in [-0.25, -0.2) is 8.42 Å². The highest BCUT2D eigenvalue weighted by Gasteiger charge is 2.40. The van der Waals surface area contributed by atoms with Gasteiger partial charge >= 0.3 is 0 Å². The molecule has 0 aromatic carbocycles. The third-order valence-electron chi connectivity index (χ3n) is 4.82. The lowest BCUT2D eigenvalue weighted by molar-refractivity contribution is -0.136. The number of rotatable bonds is 5. The van der Waals surface area contributed by atoms with E-state index in [1.165, 1.54) is 4.31 Å². The molecule has 0 saturated carbocycles. The maximum atomic E-state index is 12.8. The summed E-state index contributed by atoms with van der Waals surface area (Å²) in [6.07, 6.45) is 3.98. The number of hydrogen-bond acceptors (Lipinski definition) is 4. The van der Waals surface area contributed by atoms with E-state index < -0.39 is 16.1 Å². The van der Waals surface area contributed by atoms with Crippen LogP contribution in [0.4, 0.5) is 0 Å². The minimum absolute atomic E-state index is 0.0254. The Balaban J connectivity index is 2.08. The largest absolute Gasteiger partial charge is 0.341 e. The van der Waals surface area contributed by atoms with Crippen molar-refractivity contribution >= 4 is 15.9 Å². The van der Waals surface area contributed by atoms with Gasteiger partial charge in [0.1, 0.15) is 6.04 Å². The zero-order valence-electron chi connectivity index (χ0n) is 13.7. The highest BCUT2D eigenvalue weighted by Crippen LogP contribution is 2.26. The fourth-order valence-corrected chi connectivity index (χ4v) is 5.29. The molecule has 0 spiro atoms. The first kappa shape index (κ1) is 17.7. The van der Waals surface area contributed by atoms with Gasteiger partial charge < -0.3 is 10.6 Å². The molecule has 7 heteroatoms. The molecule has 2 N–H and O–H groups in total. The van der Waals surface area contributed by atoms with Gasteiger partial charge in [-0.3, -0.25) is 4.79 Å². The molecule has 0 aliphatic carbocycles. The third kappa shape index (κ3) is 3.81. The Kier molecular flexibility index (Phi) is 5.85. The van der Waals surface area contributed by atoms with Crippen LogP contribution in [0.1, 0.15) is 46.0 Å². The minimum Gasteiger partial charge on any atom is -0.341 e. The summed E-state index contributed by atoms with van der Waals surface area (Å²) in [7, 11) is -3.31. The first-order valence-electron chi connectivity index (χ1n) is 8.40. The number of sulfonamides is 1. The third-order valence-corrected chi connectivity index (χ3v) is 6.90. The van der Waals surface area contributed by atoms with Crippen LogP contribution in [-0.2, 0) is 14.8 Å². The molecule has 2 saturated heterocycles. The molecule has 2 fully saturated rings. The van der Waals surface area contributed by atoms with Crippen molar-refractivity contribution in [3.8, 4) is 0 Å². The zero-order valence-corrected chi connectivity index (χ0v) is 14.5. The molecule has 0 aromatic rings. The van der Waals surface area contributed by atoms with Gasteiger partial charge in [0.25, 0.3) is 0 Å². The van der Waals surface area contributed by atoms with Crippen LogP contribution in [0.2, 0.25) is 0 Å². The summed E-state index contributed by atoms with van der Waals surface area (Å²) in [6, 6.07) is -0.428. The highest BCUT2D eigenvalue weighted by molar-refractivity contribution is 7.89. The van der Waals surface area contributed by atoms with E-state index in [2.05, 4.69) is 0 Å². The van der Waals surface area contributed by atoms with Gasteiger partial charge in [-0.2, -0.15) is 4.31 Å². The van der Waals surface area contributed by atoms with Gasteiger partial charge in [-0.05, 0) is 44.9 Å². The molecule has 0 bridgehead atoms. The van der Waals surface area contributed by atoms with E-state index >= 15 is 0 Å². The average molecular weight is 331 g/mol. The molecule has 0 radical (unpaired) electrons. The molecule has 2 aliphatic rings. The van der Waals surface area contributed by atoms with Gasteiger partial charge in [0.05, 0.1) is 5.75 Å². The van der Waals surface area contributed by atoms with E-state index in [-0.39, 0.29) is 17.7 Å². The molecule has 3 atom stereocenters. The first-order chi connectivity index (χ1) is 10.4. The molecule has 2 heterocycles. The number of amides is 1. The van der Waals surface area contributed by atoms with Gasteiger partial charge in [-0.15, -0.1) is 0 Å². The quantitative estimate of drug-likeness (QED) is 0.807. The number of nitrogens with zero attached hydrogens (tertiary/aromatic N) is 2. The Hall–Kier alpha value is -0.660. The standard InChI is InChI=1S/C15H29N3O3S/c1-3-10-22(20,21)18-9-5-7-14(18)15(19)17-8-4-6-13(11-17)12(2)16/h12-14H,3-11,16H2,1-2H3. The predicted octanol–water partition coefficient (Wildman–Crippen LogP) is 0.776. The number of carbonyl (C=O) groups is 1. The Morgan fingerprint density at radius 1 is 1.27 bits per heavy atom. The lowest BCUT2D eigenvalue weighted by Crippen LogP contribution is -2.52. The van der Waals surface area contributed by atoms with Crippen molar-refractivity contribution in [3.63, 3.8) is 0 Å². The van der Waals surface area contributed by atoms with Crippen LogP contribution < -0.4 is 5.73 Å². The molecule has 3 unspecified atom stereocenters. The number of hydrogen-bond donors (Lipinski definition) is 1. The summed E-state index contributed by atoms with van der Waals surface area (Å²) < 4.78 is 26.1. The zero-order chi connectivity index (χ0) is 16.3. The molecule has 1 amide bonds. The van der Waals surface area contributed by atoms with E-state index in [1.807, 2.05) is 18.7 Å². The topological polar surface area (TPSA) is 83.7 Å². The summed E-state index contributed by atoms with van der Waals surface area (Å²) in [6.45, 7) is 5.69. The van der Waals surface area contributed by atoms with Crippen LogP contribution in [-0.4, -0.2) is 61.0 Å². The van der Waals surface area contributed by atoms with Crippen LogP contribution in [0.25, 0.3) is 0 Å². The highest BCUT2D eigenvalue weighted by atomic mass is 32.2. The predicted molar refractivity (Wildman–Crippen MR) is 86.8 cm³/mol. The summed E-state index contributed by atoms with van der Waals surface area (Å²) in [4.78, 5) is 14.6. The number of likely N-dealkylation sites (tertiary alicyclic amines) is 1. The van der Waals surface area contributed by atoms with Crippen LogP contribution in [0.15, 0.2) is 0 Å². The Morgan fingerprint density at radius 3 is 2.59 bits per heavy atom. The molecular weight excluding hydrogens is 302 g/mol. The summed E-state index contributed by atoms with van der Waals surface area (Å²) >= 11 is 0. The van der Waals surface area contributed by atoms with Crippen LogP contribution in [0, 0.1) is 5.92 Å². The second kappa shape index (κ2) is 7.27. The maximum absolute atomic E-state index is 12.8. The Bertz CT molecular complexity index is 492. The normalized spacial score (nSPS) is 28.8. The molecule has 128 valence electrons. The molecule has 2 rings (SSSR count). The van der Waals surface area contributed by atoms with Crippen molar-refractivity contribution in [1.82, 2.24) is 9.21 Å². The lowest BCUT2D eigenvalue weighted by atomic mass is 9.92. The van der Waals surface area contributed by atoms with E-state index in [9.17, 15) is 13.2 Å². The second-order valence-corrected chi connectivity index (χ2v) is 8.67. The summed E-state index contributed by atoms with van der Waals surface area (Å²) in [5, 5.41) is 0. The maximum Gasteiger partial charge on any atom is 0.241 e. The van der Waals surface area contributed by atoms with Crippen molar-refractivity contribution in [2.75, 3.05) is 25.4 Å². The summed E-state index contributed by atoms with van der Waals surface area (Å²) in [5.74, 6) is 0.418. The van der Waals surface area contributed by atoms with Gasteiger partial charge in [0, 0.05) is 25.7 Å². The second-order valence-electron chi connectivity index (χ2n) is 6.63. The van der Waals surface area contributed by atoms with Crippen molar-refractivity contribution in [3.05, 3.63) is 0 Å². The van der Waals surface area contributed by atoms with Gasteiger partial charge in [-0.1, -0.05) is 6.92 Å². The van der Waals surface area contributed by atoms with Crippen LogP contribution in [0.5, 0.6) is 0 Å². The van der Waals surface area contributed by atoms with E-state index in [0.717, 1.165) is 25.8 Å². The molecule has 22 heavy (non-hydrogen) atoms. The monoisotopic (exact) mass is 331 g/mol. The van der Waals surface area contributed by atoms with Crippen molar-refractivity contribution in [2.45, 2.75) is 58.0 Å². The van der Waals surface area contributed by atoms with E-state index in [1.54, 1.807) is 0 Å². The van der Waals surface area contributed by atoms with E-state index in [0.29, 0.717) is 31.8 Å². The average Bonchev–Trinajstić information content (AvgIpc) is 2.97. The lowest BCUT2D eigenvalue weighted by Gasteiger charge is -2.37. The minimum atomic E-state index is -3.31. The van der Waals surface area contributed by atoms with Crippen molar-refractivity contribution in [1.29, 1.82) is 0 Å². The molecule has 6 nitrogen and oxygen atoms in total. The fourth-order valence-electron chi connectivity index (χ4n) is 3.55. The van der Waals surface area contributed by atoms with Gasteiger partial charge in [0.2, 0.25) is 15.9 Å².